The highest BCUT2D eigenvalue weighted by Crippen LogP contribution is 2.32. The third-order valence-electron chi connectivity index (χ3n) is 8.41. The smallest absolute Gasteiger partial charge is 0.254 e. The van der Waals surface area contributed by atoms with Gasteiger partial charge in [-0.05, 0) is 55.8 Å². The fourth-order valence-corrected chi connectivity index (χ4v) is 5.94. The first kappa shape index (κ1) is 30.9. The number of imidazole rings is 1. The van der Waals surface area contributed by atoms with E-state index in [0.717, 1.165) is 5.56 Å². The molecule has 2 saturated heterocycles. The molecule has 14 heteroatoms. The highest BCUT2D eigenvalue weighted by Gasteiger charge is 2.34. The molecule has 2 fully saturated rings. The molecule has 6 rings (SSSR count). The summed E-state index contributed by atoms with van der Waals surface area (Å²) < 4.78 is 36.1. The fraction of sp³-hybridized carbons (Fsp3) is 0.344. The monoisotopic (exact) mass is 630 g/mol. The van der Waals surface area contributed by atoms with Gasteiger partial charge in [0, 0.05) is 61.9 Å². The Morgan fingerprint density at radius 2 is 1.91 bits per heavy atom. The van der Waals surface area contributed by atoms with E-state index in [1.807, 2.05) is 13.0 Å². The minimum Gasteiger partial charge on any atom is -0.476 e. The first-order valence-electron chi connectivity index (χ1n) is 14.9. The molecule has 4 aromatic rings. The molecule has 0 bridgehead atoms. The molecule has 2 aromatic heterocycles. The molecule has 0 spiro atoms. The molecule has 2 aromatic carbocycles. The number of anilines is 2. The second kappa shape index (κ2) is 13.1. The molecule has 0 unspecified atom stereocenters. The van der Waals surface area contributed by atoms with Crippen LogP contribution in [-0.4, -0.2) is 93.1 Å². The quantitative estimate of drug-likeness (QED) is 0.280. The number of aliphatic hydroxyl groups excluding tert-OH is 1. The van der Waals surface area contributed by atoms with Crippen LogP contribution in [0.15, 0.2) is 48.9 Å². The van der Waals surface area contributed by atoms with Crippen molar-refractivity contribution < 1.29 is 28.2 Å². The summed E-state index contributed by atoms with van der Waals surface area (Å²) in [6, 6.07) is 9.64. The van der Waals surface area contributed by atoms with E-state index in [1.165, 1.54) is 24.5 Å². The minimum absolute atomic E-state index is 0.0424. The van der Waals surface area contributed by atoms with Crippen molar-refractivity contribution in [2.75, 3.05) is 51.2 Å². The standard InChI is InChI=1S/C32H32F2N8O4/c1-19-16-20(2-3-21(19)31(44)40-11-13-41(14-12-40)32(45)23-6-8-36-18-25(23)43)39-29-30-38-17-24(42(30)10-9-37-29)22-4-5-26(46-15-7-35)28(34)27(22)33/h2-5,9-10,16-17,23,25,36,43H,6,8,11-15,18H2,1H3,(H,37,39)/t23-,25+/m0/s1. The molecule has 2 aliphatic rings. The molecule has 2 amide bonds. The van der Waals surface area contributed by atoms with Crippen LogP contribution in [0.1, 0.15) is 22.3 Å². The summed E-state index contributed by atoms with van der Waals surface area (Å²) in [5.74, 6) is -2.93. The van der Waals surface area contributed by atoms with Gasteiger partial charge in [-0.3, -0.25) is 14.0 Å². The Bertz CT molecular complexity index is 1830. The SMILES string of the molecule is Cc1cc(Nc2nccn3c(-c4ccc(OCC#N)c(F)c4F)cnc23)ccc1C(=O)N1CCN(C(=O)[C@H]2CCNC[C@H]2O)CC1. The molecule has 4 heterocycles. The number of rotatable bonds is 7. The number of nitriles is 1. The predicted octanol–water partition coefficient (Wildman–Crippen LogP) is 2.88. The van der Waals surface area contributed by atoms with Crippen molar-refractivity contribution in [3.05, 3.63) is 71.7 Å². The lowest BCUT2D eigenvalue weighted by molar-refractivity contribution is -0.141. The fourth-order valence-electron chi connectivity index (χ4n) is 5.94. The summed E-state index contributed by atoms with van der Waals surface area (Å²) in [6.07, 6.45) is 4.38. The maximum absolute atomic E-state index is 15.0. The van der Waals surface area contributed by atoms with Crippen LogP contribution in [0, 0.1) is 35.8 Å². The number of amides is 2. The van der Waals surface area contributed by atoms with Crippen LogP contribution in [0.2, 0.25) is 0 Å². The lowest BCUT2D eigenvalue weighted by Crippen LogP contribution is -2.55. The molecule has 46 heavy (non-hydrogen) atoms. The number of piperidine rings is 1. The molecule has 3 N–H and O–H groups in total. The second-order valence-electron chi connectivity index (χ2n) is 11.2. The Balaban J connectivity index is 1.14. The number of carbonyl (C=O) groups excluding carboxylic acids is 2. The maximum atomic E-state index is 15.0. The number of hydrogen-bond acceptors (Lipinski definition) is 9. The first-order chi connectivity index (χ1) is 22.3. The Kier molecular flexibility index (Phi) is 8.78. The molecule has 238 valence electrons. The van der Waals surface area contributed by atoms with Crippen molar-refractivity contribution in [1.82, 2.24) is 29.5 Å². The van der Waals surface area contributed by atoms with Crippen LogP contribution >= 0.6 is 0 Å². The van der Waals surface area contributed by atoms with Gasteiger partial charge in [-0.1, -0.05) is 0 Å². The lowest BCUT2D eigenvalue weighted by atomic mass is 9.93. The van der Waals surface area contributed by atoms with Crippen LogP contribution in [-0.2, 0) is 4.79 Å². The average Bonchev–Trinajstić information content (AvgIpc) is 3.50. The molecule has 2 atom stereocenters. The van der Waals surface area contributed by atoms with Gasteiger partial charge in [0.05, 0.1) is 23.9 Å². The number of halogens is 2. The van der Waals surface area contributed by atoms with Crippen molar-refractivity contribution in [2.24, 2.45) is 5.92 Å². The number of nitrogens with one attached hydrogen (secondary N) is 2. The number of aryl methyl sites for hydroxylation is 1. The van der Waals surface area contributed by atoms with Gasteiger partial charge < -0.3 is 30.3 Å². The number of nitrogens with zero attached hydrogens (tertiary/aromatic N) is 6. The Hall–Kier alpha value is -5.13. The number of benzene rings is 2. The zero-order valence-electron chi connectivity index (χ0n) is 25.0. The van der Waals surface area contributed by atoms with Gasteiger partial charge in [0.2, 0.25) is 11.7 Å². The van der Waals surface area contributed by atoms with Crippen molar-refractivity contribution in [1.29, 1.82) is 5.26 Å². The van der Waals surface area contributed by atoms with Gasteiger partial charge >= 0.3 is 0 Å². The van der Waals surface area contributed by atoms with E-state index in [9.17, 15) is 23.5 Å². The van der Waals surface area contributed by atoms with Crippen molar-refractivity contribution in [3.63, 3.8) is 0 Å². The lowest BCUT2D eigenvalue weighted by Gasteiger charge is -2.38. The molecular formula is C32H32F2N8O4. The summed E-state index contributed by atoms with van der Waals surface area (Å²) in [7, 11) is 0. The zero-order valence-corrected chi connectivity index (χ0v) is 25.0. The van der Waals surface area contributed by atoms with Gasteiger partial charge in [0.15, 0.2) is 29.6 Å². The maximum Gasteiger partial charge on any atom is 0.254 e. The van der Waals surface area contributed by atoms with Crippen LogP contribution in [0.5, 0.6) is 5.75 Å². The summed E-state index contributed by atoms with van der Waals surface area (Å²) in [5.41, 5.74) is 2.52. The topological polar surface area (TPSA) is 148 Å². The van der Waals surface area contributed by atoms with Crippen LogP contribution < -0.4 is 15.4 Å². The molecule has 0 radical (unpaired) electrons. The van der Waals surface area contributed by atoms with Crippen molar-refractivity contribution in [3.8, 4) is 23.1 Å². The molecular weight excluding hydrogens is 598 g/mol. The van der Waals surface area contributed by atoms with Gasteiger partial charge in [0.1, 0.15) is 6.07 Å². The van der Waals surface area contributed by atoms with E-state index in [2.05, 4.69) is 20.6 Å². The summed E-state index contributed by atoms with van der Waals surface area (Å²) >= 11 is 0. The van der Waals surface area contributed by atoms with Crippen molar-refractivity contribution in [2.45, 2.75) is 19.4 Å². The van der Waals surface area contributed by atoms with Crippen LogP contribution in [0.3, 0.4) is 0 Å². The number of hydrogen-bond donors (Lipinski definition) is 3. The molecule has 0 saturated carbocycles. The number of carbonyl (C=O) groups is 2. The van der Waals surface area contributed by atoms with E-state index < -0.39 is 30.3 Å². The van der Waals surface area contributed by atoms with Gasteiger partial charge in [-0.2, -0.15) is 9.65 Å². The first-order valence-corrected chi connectivity index (χ1v) is 14.9. The number of aromatic nitrogens is 3. The number of β-amino-alcohol motifs (C(OH)–C–C–N with tert-alkyl or cyclic N) is 1. The minimum atomic E-state index is -1.20. The second-order valence-corrected chi connectivity index (χ2v) is 11.2. The highest BCUT2D eigenvalue weighted by molar-refractivity contribution is 5.96. The average molecular weight is 631 g/mol. The number of ether oxygens (including phenoxy) is 1. The molecule has 2 aliphatic heterocycles. The third-order valence-corrected chi connectivity index (χ3v) is 8.41. The molecule has 12 nitrogen and oxygen atoms in total. The zero-order chi connectivity index (χ0) is 32.4. The van der Waals surface area contributed by atoms with Gasteiger partial charge in [-0.25, -0.2) is 14.4 Å². The van der Waals surface area contributed by atoms with Gasteiger partial charge in [0.25, 0.3) is 5.91 Å². The van der Waals surface area contributed by atoms with E-state index in [0.29, 0.717) is 68.4 Å². The van der Waals surface area contributed by atoms with E-state index in [1.54, 1.807) is 38.6 Å². The van der Waals surface area contributed by atoms with Crippen LogP contribution in [0.4, 0.5) is 20.3 Å². The summed E-state index contributed by atoms with van der Waals surface area (Å²) in [6.45, 7) is 4.16. The number of fused-ring (bicyclic) bond motifs is 1. The van der Waals surface area contributed by atoms with Gasteiger partial charge in [-0.15, -0.1) is 0 Å². The predicted molar refractivity (Wildman–Crippen MR) is 163 cm³/mol. The Morgan fingerprint density at radius 3 is 2.65 bits per heavy atom. The number of aliphatic hydroxyl groups is 1. The third kappa shape index (κ3) is 5.94. The largest absolute Gasteiger partial charge is 0.476 e. The van der Waals surface area contributed by atoms with Crippen molar-refractivity contribution >= 4 is 29.0 Å². The highest BCUT2D eigenvalue weighted by atomic mass is 19.2. The Morgan fingerprint density at radius 1 is 1.13 bits per heavy atom. The number of piperazine rings is 1. The van der Waals surface area contributed by atoms with Crippen LogP contribution in [0.25, 0.3) is 16.9 Å². The Labute approximate surface area is 263 Å². The van der Waals surface area contributed by atoms with E-state index in [4.69, 9.17) is 10.00 Å². The van der Waals surface area contributed by atoms with E-state index >= 15 is 0 Å². The normalized spacial score (nSPS) is 18.3. The molecule has 0 aliphatic carbocycles. The summed E-state index contributed by atoms with van der Waals surface area (Å²) in [5, 5.41) is 25.2. The summed E-state index contributed by atoms with van der Waals surface area (Å²) in [4.78, 5) is 38.6. The van der Waals surface area contributed by atoms with E-state index in [-0.39, 0.29) is 28.8 Å².